The van der Waals surface area contributed by atoms with Crippen LogP contribution >= 0.6 is 12.4 Å². The largest absolute Gasteiger partial charge is 0.508 e. The number of nitrogens with zero attached hydrogens (tertiary/aromatic N) is 3. The number of aromatic nitrogens is 1. The Hall–Kier alpha value is -2.57. The van der Waals surface area contributed by atoms with Gasteiger partial charge in [0.05, 0.1) is 21.5 Å². The van der Waals surface area contributed by atoms with Crippen molar-refractivity contribution in [2.45, 2.75) is 13.5 Å². The van der Waals surface area contributed by atoms with E-state index in [4.69, 9.17) is 0 Å². The van der Waals surface area contributed by atoms with Crippen LogP contribution in [0.25, 0.3) is 16.6 Å². The van der Waals surface area contributed by atoms with E-state index in [0.717, 1.165) is 5.69 Å². The molecule has 0 saturated heterocycles. The first-order valence-electron chi connectivity index (χ1n) is 7.62. The fraction of sp³-hybridized carbons (Fsp3) is 0.222. The van der Waals surface area contributed by atoms with E-state index < -0.39 is 0 Å². The minimum atomic E-state index is -0.354. The Morgan fingerprint density at radius 1 is 1.16 bits per heavy atom. The highest BCUT2D eigenvalue weighted by atomic mass is 35.5. The van der Waals surface area contributed by atoms with Crippen LogP contribution in [0.5, 0.6) is 5.75 Å². The lowest BCUT2D eigenvalue weighted by atomic mass is 10.1. The minimum Gasteiger partial charge on any atom is -0.508 e. The molecule has 0 saturated carbocycles. The molecule has 2 aromatic carbocycles. The van der Waals surface area contributed by atoms with Gasteiger partial charge >= 0.3 is 0 Å². The highest BCUT2D eigenvalue weighted by molar-refractivity contribution is 5.96. The van der Waals surface area contributed by atoms with Gasteiger partial charge in [-0.3, -0.25) is 10.1 Å². The van der Waals surface area contributed by atoms with Crippen LogP contribution < -0.4 is 0 Å². The molecule has 0 aliphatic heterocycles. The van der Waals surface area contributed by atoms with E-state index in [9.17, 15) is 15.2 Å². The summed E-state index contributed by atoms with van der Waals surface area (Å²) in [6.45, 7) is 2.22. The lowest BCUT2D eigenvalue weighted by molar-refractivity contribution is -0.383. The quantitative estimate of drug-likeness (QED) is 0.562. The summed E-state index contributed by atoms with van der Waals surface area (Å²) < 4.78 is 1.85. The number of fused-ring (bicyclic) bond motifs is 1. The SMILES string of the molecule is Cc1c([N+](=O)[O-])c2ccc(O)c(CN(C)C)c2n1-c1ccccc1.Cl. The first-order chi connectivity index (χ1) is 11.4. The minimum absolute atomic E-state index is 0. The Balaban J connectivity index is 0.00000225. The molecule has 0 unspecified atom stereocenters. The highest BCUT2D eigenvalue weighted by Gasteiger charge is 2.27. The second kappa shape index (κ2) is 7.13. The van der Waals surface area contributed by atoms with Gasteiger partial charge in [0.1, 0.15) is 5.75 Å². The summed E-state index contributed by atoms with van der Waals surface area (Å²) in [4.78, 5) is 13.2. The van der Waals surface area contributed by atoms with Crippen LogP contribution in [0, 0.1) is 17.0 Å². The third kappa shape index (κ3) is 3.18. The summed E-state index contributed by atoms with van der Waals surface area (Å²) in [6, 6.07) is 12.6. The van der Waals surface area contributed by atoms with Gasteiger partial charge in [-0.25, -0.2) is 0 Å². The third-order valence-corrected chi connectivity index (χ3v) is 4.09. The Bertz CT molecular complexity index is 920. The van der Waals surface area contributed by atoms with Crippen LogP contribution in [0.3, 0.4) is 0 Å². The maximum Gasteiger partial charge on any atom is 0.298 e. The van der Waals surface area contributed by atoms with Crippen molar-refractivity contribution in [3.05, 3.63) is 63.8 Å². The molecule has 25 heavy (non-hydrogen) atoms. The number of para-hydroxylation sites is 1. The van der Waals surface area contributed by atoms with Crippen molar-refractivity contribution in [2.24, 2.45) is 0 Å². The van der Waals surface area contributed by atoms with Crippen molar-refractivity contribution in [1.29, 1.82) is 0 Å². The molecule has 0 fully saturated rings. The molecule has 0 aliphatic carbocycles. The second-order valence-corrected chi connectivity index (χ2v) is 6.06. The van der Waals surface area contributed by atoms with E-state index in [2.05, 4.69) is 0 Å². The van der Waals surface area contributed by atoms with Gasteiger partial charge in [0, 0.05) is 17.8 Å². The number of benzene rings is 2. The maximum absolute atomic E-state index is 11.6. The molecule has 0 spiro atoms. The van der Waals surface area contributed by atoms with E-state index >= 15 is 0 Å². The molecule has 7 heteroatoms. The zero-order valence-corrected chi connectivity index (χ0v) is 15.1. The van der Waals surface area contributed by atoms with Crippen molar-refractivity contribution >= 4 is 29.0 Å². The van der Waals surface area contributed by atoms with Crippen LogP contribution in [0.1, 0.15) is 11.3 Å². The normalized spacial score (nSPS) is 10.9. The molecule has 6 nitrogen and oxygen atoms in total. The van der Waals surface area contributed by atoms with E-state index in [-0.39, 0.29) is 28.8 Å². The first kappa shape index (κ1) is 18.8. The number of halogens is 1. The molecule has 0 amide bonds. The van der Waals surface area contributed by atoms with E-state index in [0.29, 0.717) is 28.7 Å². The summed E-state index contributed by atoms with van der Waals surface area (Å²) in [5.41, 5.74) is 2.82. The van der Waals surface area contributed by atoms with Gasteiger partial charge in [-0.15, -0.1) is 12.4 Å². The Morgan fingerprint density at radius 3 is 2.36 bits per heavy atom. The summed E-state index contributed by atoms with van der Waals surface area (Å²) in [7, 11) is 3.80. The number of aromatic hydroxyl groups is 1. The number of rotatable bonds is 4. The van der Waals surface area contributed by atoms with E-state index in [1.165, 1.54) is 6.07 Å². The number of phenolic OH excluding ortho intramolecular Hbond substituents is 1. The molecule has 0 bridgehead atoms. The first-order valence-corrected chi connectivity index (χ1v) is 7.62. The summed E-state index contributed by atoms with van der Waals surface area (Å²) >= 11 is 0. The smallest absolute Gasteiger partial charge is 0.298 e. The highest BCUT2D eigenvalue weighted by Crippen LogP contribution is 2.39. The number of nitro groups is 1. The van der Waals surface area contributed by atoms with E-state index in [1.54, 1.807) is 13.0 Å². The fourth-order valence-corrected chi connectivity index (χ4v) is 3.14. The number of hydrogen-bond acceptors (Lipinski definition) is 4. The molecule has 1 N–H and O–H groups in total. The Morgan fingerprint density at radius 2 is 1.80 bits per heavy atom. The van der Waals surface area contributed by atoms with E-state index in [1.807, 2.05) is 53.9 Å². The molecule has 132 valence electrons. The summed E-state index contributed by atoms with van der Waals surface area (Å²) in [6.07, 6.45) is 0. The molecule has 0 radical (unpaired) electrons. The molecule has 3 rings (SSSR count). The van der Waals surface area contributed by atoms with Crippen molar-refractivity contribution in [2.75, 3.05) is 14.1 Å². The van der Waals surface area contributed by atoms with Gasteiger partial charge in [0.25, 0.3) is 5.69 Å². The van der Waals surface area contributed by atoms with Crippen LogP contribution in [-0.4, -0.2) is 33.6 Å². The lowest BCUT2D eigenvalue weighted by Crippen LogP contribution is -2.12. The zero-order valence-electron chi connectivity index (χ0n) is 14.3. The van der Waals surface area contributed by atoms with Crippen molar-refractivity contribution in [1.82, 2.24) is 9.47 Å². The zero-order chi connectivity index (χ0) is 17.4. The average molecular weight is 362 g/mol. The fourth-order valence-electron chi connectivity index (χ4n) is 3.14. The molecule has 1 aromatic heterocycles. The van der Waals surface area contributed by atoms with Crippen LogP contribution in [-0.2, 0) is 6.54 Å². The van der Waals surface area contributed by atoms with Crippen LogP contribution in [0.15, 0.2) is 42.5 Å². The molecule has 3 aromatic rings. The van der Waals surface area contributed by atoms with Gasteiger partial charge in [-0.05, 0) is 45.3 Å². The molecular formula is C18H20ClN3O3. The van der Waals surface area contributed by atoms with Crippen molar-refractivity contribution in [3.63, 3.8) is 0 Å². The second-order valence-electron chi connectivity index (χ2n) is 6.06. The molecule has 1 heterocycles. The van der Waals surface area contributed by atoms with Crippen molar-refractivity contribution in [3.8, 4) is 11.4 Å². The maximum atomic E-state index is 11.6. The van der Waals surface area contributed by atoms with Gasteiger partial charge in [-0.2, -0.15) is 0 Å². The third-order valence-electron chi connectivity index (χ3n) is 4.09. The average Bonchev–Trinajstić information content (AvgIpc) is 2.83. The predicted molar refractivity (Wildman–Crippen MR) is 101 cm³/mol. The number of phenols is 1. The predicted octanol–water partition coefficient (Wildman–Crippen LogP) is 4.04. The van der Waals surface area contributed by atoms with Crippen molar-refractivity contribution < 1.29 is 10.0 Å². The Kier molecular flexibility index (Phi) is 5.35. The van der Waals surface area contributed by atoms with Gasteiger partial charge in [0.2, 0.25) is 0 Å². The van der Waals surface area contributed by atoms with Gasteiger partial charge in [-0.1, -0.05) is 18.2 Å². The summed E-state index contributed by atoms with van der Waals surface area (Å²) in [5, 5.41) is 22.5. The molecule has 0 aliphatic rings. The monoisotopic (exact) mass is 361 g/mol. The Labute approximate surface area is 151 Å². The molecule has 0 atom stereocenters. The summed E-state index contributed by atoms with van der Waals surface area (Å²) in [5.74, 6) is 0.140. The topological polar surface area (TPSA) is 71.5 Å². The lowest BCUT2D eigenvalue weighted by Gasteiger charge is -2.15. The molecular weight excluding hydrogens is 342 g/mol. The van der Waals surface area contributed by atoms with Crippen LogP contribution in [0.4, 0.5) is 5.69 Å². The van der Waals surface area contributed by atoms with Crippen LogP contribution in [0.2, 0.25) is 0 Å². The van der Waals surface area contributed by atoms with Gasteiger partial charge in [0.15, 0.2) is 0 Å². The van der Waals surface area contributed by atoms with Gasteiger partial charge < -0.3 is 14.6 Å². The number of hydrogen-bond donors (Lipinski definition) is 1. The standard InChI is InChI=1S/C18H19N3O3.ClH/c1-12-17(21(23)24)14-9-10-16(22)15(11-19(2)3)18(14)20(12)13-7-5-4-6-8-13;/h4-10,22H,11H2,1-3H3;1H.